The first-order chi connectivity index (χ1) is 9.81. The van der Waals surface area contributed by atoms with Gasteiger partial charge in [0, 0.05) is 11.4 Å². The van der Waals surface area contributed by atoms with Gasteiger partial charge in [-0.1, -0.05) is 0 Å². The Morgan fingerprint density at radius 2 is 1.81 bits per heavy atom. The summed E-state index contributed by atoms with van der Waals surface area (Å²) < 4.78 is 28.6. The van der Waals surface area contributed by atoms with Crippen molar-refractivity contribution in [3.05, 3.63) is 63.0 Å². The Hall–Kier alpha value is -2.77. The van der Waals surface area contributed by atoms with Crippen LogP contribution in [0, 0.1) is 35.6 Å². The molecule has 0 bridgehead atoms. The first-order valence-corrected chi connectivity index (χ1v) is 5.91. The average Bonchev–Trinajstić information content (AvgIpc) is 2.72. The molecule has 8 heteroatoms. The highest BCUT2D eigenvalue weighted by molar-refractivity contribution is 6.00. The van der Waals surface area contributed by atoms with Gasteiger partial charge in [0.2, 0.25) is 5.82 Å². The molecule has 1 aromatic carbocycles. The van der Waals surface area contributed by atoms with E-state index >= 15 is 0 Å². The Morgan fingerprint density at radius 3 is 2.33 bits per heavy atom. The molecule has 0 fully saturated rings. The molecule has 21 heavy (non-hydrogen) atoms. The predicted octanol–water partition coefficient (Wildman–Crippen LogP) is 2.68. The second-order valence-electron chi connectivity index (χ2n) is 4.44. The van der Waals surface area contributed by atoms with Crippen molar-refractivity contribution in [1.82, 2.24) is 4.68 Å². The number of carbonyl (C=O) groups excluding carboxylic acids is 1. The number of amides is 1. The maximum Gasteiger partial charge on any atom is 0.308 e. The Morgan fingerprint density at radius 1 is 1.24 bits per heavy atom. The van der Waals surface area contributed by atoms with E-state index in [4.69, 9.17) is 0 Å². The van der Waals surface area contributed by atoms with Crippen LogP contribution in [0.2, 0.25) is 0 Å². The van der Waals surface area contributed by atoms with E-state index in [1.807, 2.05) is 0 Å². The van der Waals surface area contributed by atoms with Crippen LogP contribution in [0.4, 0.5) is 14.5 Å². The largest absolute Gasteiger partial charge is 0.308 e. The van der Waals surface area contributed by atoms with Crippen molar-refractivity contribution in [2.45, 2.75) is 13.8 Å². The second kappa shape index (κ2) is 5.31. The van der Waals surface area contributed by atoms with E-state index in [-0.39, 0.29) is 0 Å². The molecule has 0 aliphatic heterocycles. The summed E-state index contributed by atoms with van der Waals surface area (Å²) in [6.07, 6.45) is 0. The number of hydrogen-bond acceptors (Lipinski definition) is 3. The minimum absolute atomic E-state index is 0.429. The van der Waals surface area contributed by atoms with Crippen molar-refractivity contribution in [2.75, 3.05) is 5.43 Å². The number of carbonyl (C=O) groups is 1. The molecule has 1 amide bonds. The molecule has 0 unspecified atom stereocenters. The van der Waals surface area contributed by atoms with E-state index in [9.17, 15) is 23.7 Å². The van der Waals surface area contributed by atoms with E-state index in [2.05, 4.69) is 5.43 Å². The van der Waals surface area contributed by atoms with Crippen molar-refractivity contribution in [3.63, 3.8) is 0 Å². The van der Waals surface area contributed by atoms with Crippen LogP contribution in [0.3, 0.4) is 0 Å². The zero-order chi connectivity index (χ0) is 15.7. The van der Waals surface area contributed by atoms with Crippen molar-refractivity contribution in [1.29, 1.82) is 0 Å². The number of hydrogen-bond donors (Lipinski definition) is 1. The first-order valence-electron chi connectivity index (χ1n) is 5.91. The molecule has 0 atom stereocenters. The molecule has 1 heterocycles. The lowest BCUT2D eigenvalue weighted by molar-refractivity contribution is -0.387. The summed E-state index contributed by atoms with van der Waals surface area (Å²) in [7, 11) is 0. The smallest absolute Gasteiger partial charge is 0.267 e. The third-order valence-corrected chi connectivity index (χ3v) is 2.94. The fourth-order valence-electron chi connectivity index (χ4n) is 1.88. The quantitative estimate of drug-likeness (QED) is 0.698. The molecule has 1 N–H and O–H groups in total. The molecule has 0 saturated heterocycles. The first kappa shape index (κ1) is 14.6. The van der Waals surface area contributed by atoms with Gasteiger partial charge in [-0.15, -0.1) is 0 Å². The lowest BCUT2D eigenvalue weighted by Crippen LogP contribution is -2.26. The third kappa shape index (κ3) is 2.73. The number of nitro groups is 1. The van der Waals surface area contributed by atoms with E-state index in [0.29, 0.717) is 23.5 Å². The zero-order valence-electron chi connectivity index (χ0n) is 11.2. The number of nitro benzene ring substituents is 1. The maximum absolute atomic E-state index is 13.9. The summed E-state index contributed by atoms with van der Waals surface area (Å²) in [4.78, 5) is 21.6. The van der Waals surface area contributed by atoms with Crippen molar-refractivity contribution in [3.8, 4) is 0 Å². The van der Waals surface area contributed by atoms with Gasteiger partial charge in [0.1, 0.15) is 5.82 Å². The van der Waals surface area contributed by atoms with Crippen molar-refractivity contribution in [2.24, 2.45) is 0 Å². The summed E-state index contributed by atoms with van der Waals surface area (Å²) in [5, 5.41) is 10.6. The molecule has 0 aliphatic carbocycles. The fraction of sp³-hybridized carbons (Fsp3) is 0.154. The van der Waals surface area contributed by atoms with E-state index in [1.165, 1.54) is 4.68 Å². The lowest BCUT2D eigenvalue weighted by atomic mass is 10.1. The zero-order valence-corrected chi connectivity index (χ0v) is 11.2. The number of nitrogens with zero attached hydrogens (tertiary/aromatic N) is 2. The van der Waals surface area contributed by atoms with Gasteiger partial charge >= 0.3 is 5.69 Å². The van der Waals surface area contributed by atoms with Crippen LogP contribution in [0.15, 0.2) is 24.3 Å². The number of aryl methyl sites for hydroxylation is 2. The van der Waals surface area contributed by atoms with Gasteiger partial charge in [-0.25, -0.2) is 4.39 Å². The van der Waals surface area contributed by atoms with Crippen LogP contribution in [0.25, 0.3) is 0 Å². The van der Waals surface area contributed by atoms with Gasteiger partial charge in [-0.2, -0.15) is 4.39 Å². The number of halogens is 2. The fourth-order valence-corrected chi connectivity index (χ4v) is 1.88. The topological polar surface area (TPSA) is 77.2 Å². The molecule has 6 nitrogen and oxygen atoms in total. The van der Waals surface area contributed by atoms with Gasteiger partial charge in [-0.3, -0.25) is 25.0 Å². The van der Waals surface area contributed by atoms with Crippen LogP contribution in [0.5, 0.6) is 0 Å². The van der Waals surface area contributed by atoms with Crippen LogP contribution >= 0.6 is 0 Å². The molecule has 0 saturated carbocycles. The third-order valence-electron chi connectivity index (χ3n) is 2.94. The maximum atomic E-state index is 13.9. The molecule has 110 valence electrons. The number of rotatable bonds is 3. The minimum atomic E-state index is -1.37. The Balaban J connectivity index is 2.42. The molecule has 0 spiro atoms. The van der Waals surface area contributed by atoms with E-state index in [0.717, 1.165) is 0 Å². The van der Waals surface area contributed by atoms with Gasteiger partial charge in [-0.05, 0) is 32.0 Å². The Kier molecular flexibility index (Phi) is 3.70. The average molecular weight is 295 g/mol. The van der Waals surface area contributed by atoms with Gasteiger partial charge in [0.05, 0.1) is 16.6 Å². The molecule has 2 rings (SSSR count). The second-order valence-corrected chi connectivity index (χ2v) is 4.44. The van der Waals surface area contributed by atoms with Crippen LogP contribution in [-0.4, -0.2) is 15.5 Å². The SMILES string of the molecule is Cc1ccc(C)n1NC(=O)c1cc(F)cc([N+](=O)[O-])c1F. The normalized spacial score (nSPS) is 10.5. The lowest BCUT2D eigenvalue weighted by Gasteiger charge is -2.11. The van der Waals surface area contributed by atoms with Crippen molar-refractivity contribution < 1.29 is 18.5 Å². The molecular weight excluding hydrogens is 284 g/mol. The molecule has 2 aromatic rings. The summed E-state index contributed by atoms with van der Waals surface area (Å²) in [5.74, 6) is -3.41. The summed E-state index contributed by atoms with van der Waals surface area (Å²) in [5.41, 5.74) is 1.89. The molecule has 1 aromatic heterocycles. The monoisotopic (exact) mass is 295 g/mol. The molecular formula is C13H11F2N3O3. The summed E-state index contributed by atoms with van der Waals surface area (Å²) in [6.45, 7) is 3.41. The number of benzene rings is 1. The highest BCUT2D eigenvalue weighted by Crippen LogP contribution is 2.22. The highest BCUT2D eigenvalue weighted by atomic mass is 19.1. The number of nitrogens with one attached hydrogen (secondary N) is 1. The van der Waals surface area contributed by atoms with Gasteiger partial charge < -0.3 is 0 Å². The van der Waals surface area contributed by atoms with Gasteiger partial charge in [0.15, 0.2) is 0 Å². The summed E-state index contributed by atoms with van der Waals surface area (Å²) >= 11 is 0. The Labute approximate surface area is 118 Å². The standard InChI is InChI=1S/C13H11F2N3O3/c1-7-3-4-8(2)17(7)16-13(19)10-5-9(14)6-11(12(10)15)18(20)21/h3-6H,1-2H3,(H,16,19). The molecule has 0 radical (unpaired) electrons. The van der Waals surface area contributed by atoms with Crippen LogP contribution in [-0.2, 0) is 0 Å². The van der Waals surface area contributed by atoms with Gasteiger partial charge in [0.25, 0.3) is 5.91 Å². The highest BCUT2D eigenvalue weighted by Gasteiger charge is 2.24. The number of aromatic nitrogens is 1. The Bertz CT molecular complexity index is 721. The predicted molar refractivity (Wildman–Crippen MR) is 70.6 cm³/mol. The van der Waals surface area contributed by atoms with Crippen LogP contribution < -0.4 is 5.43 Å². The minimum Gasteiger partial charge on any atom is -0.267 e. The van der Waals surface area contributed by atoms with Crippen LogP contribution in [0.1, 0.15) is 21.7 Å². The van der Waals surface area contributed by atoms with Crippen molar-refractivity contribution >= 4 is 11.6 Å². The van der Waals surface area contributed by atoms with E-state index in [1.54, 1.807) is 26.0 Å². The van der Waals surface area contributed by atoms with E-state index < -0.39 is 33.7 Å². The summed E-state index contributed by atoms with van der Waals surface area (Å²) in [6, 6.07) is 4.49. The molecule has 0 aliphatic rings.